The zero-order valence-electron chi connectivity index (χ0n) is 13.5. The first-order valence-electron chi connectivity index (χ1n) is 7.64. The lowest BCUT2D eigenvalue weighted by Gasteiger charge is -2.31. The SMILES string of the molecule is COc1ccc(OC)c2c1CC(Cl)C(S(=O)(=O)c1ccccc1)C2. The van der Waals surface area contributed by atoms with E-state index >= 15 is 0 Å². The highest BCUT2D eigenvalue weighted by molar-refractivity contribution is 7.92. The van der Waals surface area contributed by atoms with E-state index in [0.29, 0.717) is 29.2 Å². The van der Waals surface area contributed by atoms with E-state index in [-0.39, 0.29) is 0 Å². The lowest BCUT2D eigenvalue weighted by atomic mass is 9.89. The Hall–Kier alpha value is -1.72. The Labute approximate surface area is 147 Å². The van der Waals surface area contributed by atoms with Crippen LogP contribution in [0.5, 0.6) is 11.5 Å². The Kier molecular flexibility index (Phi) is 4.74. The molecule has 2 aromatic carbocycles. The summed E-state index contributed by atoms with van der Waals surface area (Å²) in [4.78, 5) is 0.297. The highest BCUT2D eigenvalue weighted by Gasteiger charge is 2.39. The summed E-state index contributed by atoms with van der Waals surface area (Å²) < 4.78 is 36.8. The van der Waals surface area contributed by atoms with Crippen LogP contribution in [-0.4, -0.2) is 33.3 Å². The summed E-state index contributed by atoms with van der Waals surface area (Å²) in [5.74, 6) is 1.38. The molecule has 0 N–H and O–H groups in total. The molecular formula is C18H19ClO4S. The number of sulfone groups is 1. The van der Waals surface area contributed by atoms with Crippen molar-refractivity contribution in [2.24, 2.45) is 0 Å². The van der Waals surface area contributed by atoms with E-state index in [1.165, 1.54) is 0 Å². The number of halogens is 1. The largest absolute Gasteiger partial charge is 0.496 e. The molecule has 2 unspecified atom stereocenters. The summed E-state index contributed by atoms with van der Waals surface area (Å²) in [6, 6.07) is 12.1. The maximum absolute atomic E-state index is 13.0. The zero-order valence-corrected chi connectivity index (χ0v) is 15.1. The van der Waals surface area contributed by atoms with E-state index in [4.69, 9.17) is 21.1 Å². The van der Waals surface area contributed by atoms with Gasteiger partial charge < -0.3 is 9.47 Å². The molecular weight excluding hydrogens is 348 g/mol. The molecule has 0 saturated carbocycles. The average Bonchev–Trinajstić information content (AvgIpc) is 2.60. The van der Waals surface area contributed by atoms with Crippen LogP contribution in [0.15, 0.2) is 47.4 Å². The molecule has 0 aliphatic heterocycles. The van der Waals surface area contributed by atoms with Gasteiger partial charge in [0.1, 0.15) is 11.5 Å². The molecule has 24 heavy (non-hydrogen) atoms. The lowest BCUT2D eigenvalue weighted by molar-refractivity contribution is 0.389. The van der Waals surface area contributed by atoms with Crippen LogP contribution in [0.3, 0.4) is 0 Å². The molecule has 0 aromatic heterocycles. The van der Waals surface area contributed by atoms with E-state index in [1.54, 1.807) is 50.6 Å². The Morgan fingerprint density at radius 1 is 0.917 bits per heavy atom. The fraction of sp³-hybridized carbons (Fsp3) is 0.333. The Bertz CT molecular complexity index is 834. The van der Waals surface area contributed by atoms with Gasteiger partial charge in [-0.25, -0.2) is 8.42 Å². The minimum atomic E-state index is -3.53. The molecule has 0 radical (unpaired) electrons. The smallest absolute Gasteiger partial charge is 0.183 e. The molecule has 6 heteroatoms. The topological polar surface area (TPSA) is 52.6 Å². The first-order chi connectivity index (χ1) is 11.5. The normalized spacial score (nSPS) is 20.3. The molecule has 1 aliphatic carbocycles. The van der Waals surface area contributed by atoms with Crippen molar-refractivity contribution in [1.82, 2.24) is 0 Å². The van der Waals surface area contributed by atoms with Crippen molar-refractivity contribution in [3.8, 4) is 11.5 Å². The number of fused-ring (bicyclic) bond motifs is 1. The fourth-order valence-electron chi connectivity index (χ4n) is 3.22. The van der Waals surface area contributed by atoms with Crippen molar-refractivity contribution in [3.05, 3.63) is 53.6 Å². The summed E-state index contributed by atoms with van der Waals surface area (Å²) >= 11 is 6.49. The summed E-state index contributed by atoms with van der Waals surface area (Å²) in [7, 11) is -0.352. The van der Waals surface area contributed by atoms with Gasteiger partial charge in [0.15, 0.2) is 9.84 Å². The molecule has 0 spiro atoms. The number of alkyl halides is 1. The van der Waals surface area contributed by atoms with Gasteiger partial charge in [0.2, 0.25) is 0 Å². The molecule has 128 valence electrons. The van der Waals surface area contributed by atoms with Crippen LogP contribution in [0.25, 0.3) is 0 Å². The average molecular weight is 367 g/mol. The van der Waals surface area contributed by atoms with Gasteiger partial charge in [0, 0.05) is 11.1 Å². The highest BCUT2D eigenvalue weighted by atomic mass is 35.5. The van der Waals surface area contributed by atoms with Gasteiger partial charge in [-0.3, -0.25) is 0 Å². The highest BCUT2D eigenvalue weighted by Crippen LogP contribution is 2.40. The van der Waals surface area contributed by atoms with Crippen LogP contribution in [0.4, 0.5) is 0 Å². The third-order valence-electron chi connectivity index (χ3n) is 4.46. The van der Waals surface area contributed by atoms with Gasteiger partial charge in [-0.1, -0.05) is 18.2 Å². The monoisotopic (exact) mass is 366 g/mol. The van der Waals surface area contributed by atoms with Crippen LogP contribution in [-0.2, 0) is 22.7 Å². The Morgan fingerprint density at radius 3 is 2.00 bits per heavy atom. The first-order valence-corrected chi connectivity index (χ1v) is 9.63. The van der Waals surface area contributed by atoms with Gasteiger partial charge in [0.05, 0.1) is 29.7 Å². The van der Waals surface area contributed by atoms with E-state index in [0.717, 1.165) is 11.1 Å². The summed E-state index contributed by atoms with van der Waals surface area (Å²) in [5, 5.41) is -1.22. The van der Waals surface area contributed by atoms with Crippen molar-refractivity contribution >= 4 is 21.4 Å². The van der Waals surface area contributed by atoms with Gasteiger partial charge in [-0.05, 0) is 37.1 Å². The standard InChI is InChI=1S/C18H19ClO4S/c1-22-16-8-9-17(23-2)14-11-18(15(19)10-13(14)16)24(20,21)12-6-4-3-5-7-12/h3-9,15,18H,10-11H2,1-2H3. The molecule has 1 aliphatic rings. The minimum Gasteiger partial charge on any atom is -0.496 e. The number of benzene rings is 2. The van der Waals surface area contributed by atoms with Crippen molar-refractivity contribution in [2.45, 2.75) is 28.4 Å². The number of ether oxygens (including phenoxy) is 2. The number of hydrogen-bond donors (Lipinski definition) is 0. The second kappa shape index (κ2) is 6.65. The fourth-order valence-corrected chi connectivity index (χ4v) is 5.63. The molecule has 0 saturated heterocycles. The van der Waals surface area contributed by atoms with Gasteiger partial charge >= 0.3 is 0 Å². The minimum absolute atomic E-state index is 0.297. The molecule has 2 atom stereocenters. The van der Waals surface area contributed by atoms with Crippen molar-refractivity contribution in [2.75, 3.05) is 14.2 Å². The van der Waals surface area contributed by atoms with Crippen LogP contribution < -0.4 is 9.47 Å². The molecule has 0 fully saturated rings. The number of rotatable bonds is 4. The third-order valence-corrected chi connectivity index (χ3v) is 7.29. The van der Waals surface area contributed by atoms with E-state index < -0.39 is 20.5 Å². The Morgan fingerprint density at radius 2 is 1.46 bits per heavy atom. The van der Waals surface area contributed by atoms with Crippen LogP contribution >= 0.6 is 11.6 Å². The third kappa shape index (κ3) is 2.87. The van der Waals surface area contributed by atoms with E-state index in [2.05, 4.69) is 0 Å². The van der Waals surface area contributed by atoms with Crippen LogP contribution in [0.2, 0.25) is 0 Å². The van der Waals surface area contributed by atoms with Gasteiger partial charge in [-0.2, -0.15) is 0 Å². The molecule has 3 rings (SSSR count). The van der Waals surface area contributed by atoms with Crippen molar-refractivity contribution in [3.63, 3.8) is 0 Å². The summed E-state index contributed by atoms with van der Waals surface area (Å²) in [5.41, 5.74) is 1.79. The van der Waals surface area contributed by atoms with Crippen molar-refractivity contribution < 1.29 is 17.9 Å². The summed E-state index contributed by atoms with van der Waals surface area (Å²) in [6.45, 7) is 0. The van der Waals surface area contributed by atoms with Gasteiger partial charge in [-0.15, -0.1) is 11.6 Å². The molecule has 4 nitrogen and oxygen atoms in total. The number of methoxy groups -OCH3 is 2. The van der Waals surface area contributed by atoms with E-state index in [9.17, 15) is 8.42 Å². The zero-order chi connectivity index (χ0) is 17.3. The van der Waals surface area contributed by atoms with Crippen LogP contribution in [0.1, 0.15) is 11.1 Å². The quantitative estimate of drug-likeness (QED) is 0.779. The molecule has 0 heterocycles. The summed E-state index contributed by atoms with van der Waals surface area (Å²) in [6.07, 6.45) is 0.731. The predicted molar refractivity (Wildman–Crippen MR) is 94.0 cm³/mol. The molecule has 0 bridgehead atoms. The second-order valence-corrected chi connectivity index (χ2v) is 8.48. The first kappa shape index (κ1) is 17.1. The number of hydrogen-bond acceptors (Lipinski definition) is 4. The Balaban J connectivity index is 2.07. The lowest BCUT2D eigenvalue weighted by Crippen LogP contribution is -2.38. The van der Waals surface area contributed by atoms with Gasteiger partial charge in [0.25, 0.3) is 0 Å². The van der Waals surface area contributed by atoms with Crippen molar-refractivity contribution in [1.29, 1.82) is 0 Å². The predicted octanol–water partition coefficient (Wildman–Crippen LogP) is 3.25. The van der Waals surface area contributed by atoms with E-state index in [1.807, 2.05) is 6.07 Å². The van der Waals surface area contributed by atoms with Crippen LogP contribution in [0, 0.1) is 0 Å². The molecule has 2 aromatic rings. The maximum Gasteiger partial charge on any atom is 0.183 e. The molecule has 0 amide bonds. The maximum atomic E-state index is 13.0. The second-order valence-electron chi connectivity index (χ2n) is 5.75.